The number of methoxy groups -OCH3 is 2. The zero-order valence-corrected chi connectivity index (χ0v) is 40.4. The molecule has 3 amide bonds. The van der Waals surface area contributed by atoms with Gasteiger partial charge in [0.05, 0.1) is 54.2 Å². The SMILES string of the molecule is CNC(C(=O)N1CCCC1c1nc2ccc(-c3ccc(-c4ccc5nc([C@@H]6CCCN6C(=O)CC(C)C)[nH]c(=O)c5c4)c4c3CC3(CCCC3)C4)cc2c(=O)[nH]1)C(C)C.COC(N)=O.COC=O. The summed E-state index contributed by atoms with van der Waals surface area (Å²) in [6, 6.07) is 15.7. The lowest BCUT2D eigenvalue weighted by molar-refractivity contribution is -0.135. The molecule has 5 aromatic rings. The molecule has 3 atom stereocenters. The lowest BCUT2D eigenvalue weighted by atomic mass is 9.82. The first-order chi connectivity index (χ1) is 32.6. The number of hydrogen-bond acceptors (Lipinski definition) is 11. The van der Waals surface area contributed by atoms with Crippen LogP contribution < -0.4 is 22.2 Å². The van der Waals surface area contributed by atoms with E-state index >= 15 is 0 Å². The van der Waals surface area contributed by atoms with Crippen molar-refractivity contribution in [2.24, 2.45) is 23.0 Å². The van der Waals surface area contributed by atoms with E-state index in [4.69, 9.17) is 14.8 Å². The molecule has 0 bridgehead atoms. The summed E-state index contributed by atoms with van der Waals surface area (Å²) in [4.78, 5) is 92.4. The standard InChI is InChI=1S/C48H57N7O4.C2H5NO2.C2H4O2/c1-27(2)22-41(56)54-20-8-10-39(54)43-50-37-16-12-29(23-33(37)45(57)52-43)31-14-15-32(36-26-48(25-35(31)36)18-6-7-19-48)30-13-17-38-34(24-30)46(58)53-44(51-38)40-11-9-21-55(40)47(59)42(49-5)28(3)4;1-5-2(3)4;1-4-2-3/h12-17,23-24,27-28,39-40,42,49H,6-11,18-22,25-26H2,1-5H3,(H,50,52,57)(H,51,53,58);1H3,(H2,3,4);2H,1H3/t39-,40?,42?;;/m0../s1. The quantitative estimate of drug-likeness (QED) is 0.102. The van der Waals surface area contributed by atoms with Crippen LogP contribution in [0.15, 0.2) is 58.1 Å². The second kappa shape index (κ2) is 21.3. The predicted molar refractivity (Wildman–Crippen MR) is 262 cm³/mol. The van der Waals surface area contributed by atoms with Crippen molar-refractivity contribution in [3.63, 3.8) is 0 Å². The van der Waals surface area contributed by atoms with Gasteiger partial charge in [-0.3, -0.25) is 24.0 Å². The topological polar surface area (TPSA) is 223 Å². The van der Waals surface area contributed by atoms with Crippen molar-refractivity contribution in [2.75, 3.05) is 34.4 Å². The van der Waals surface area contributed by atoms with Crippen LogP contribution >= 0.6 is 0 Å². The number of primary amides is 1. The molecule has 4 aliphatic rings. The zero-order valence-electron chi connectivity index (χ0n) is 40.4. The van der Waals surface area contributed by atoms with Gasteiger partial charge in [-0.15, -0.1) is 0 Å². The molecule has 2 saturated heterocycles. The summed E-state index contributed by atoms with van der Waals surface area (Å²) in [6.07, 6.45) is 9.87. The Morgan fingerprint density at radius 1 is 0.794 bits per heavy atom. The number of aromatic nitrogens is 4. The number of nitrogens with one attached hydrogen (secondary N) is 3. The molecule has 16 heteroatoms. The van der Waals surface area contributed by atoms with Crippen LogP contribution in [0.4, 0.5) is 4.79 Å². The number of aromatic amines is 2. The molecule has 1 spiro atoms. The molecular weight excluding hydrogens is 865 g/mol. The van der Waals surface area contributed by atoms with Crippen LogP contribution in [-0.2, 0) is 36.7 Å². The molecule has 2 unspecified atom stereocenters. The highest BCUT2D eigenvalue weighted by Gasteiger charge is 2.42. The first-order valence-corrected chi connectivity index (χ1v) is 23.9. The van der Waals surface area contributed by atoms with Crippen molar-refractivity contribution in [2.45, 2.75) is 116 Å². The van der Waals surface area contributed by atoms with Crippen LogP contribution in [0.3, 0.4) is 0 Å². The zero-order chi connectivity index (χ0) is 48.9. The molecular formula is C52H66N8O8. The summed E-state index contributed by atoms with van der Waals surface area (Å²) in [5, 5.41) is 4.26. The van der Waals surface area contributed by atoms with E-state index in [1.165, 1.54) is 51.0 Å². The summed E-state index contributed by atoms with van der Waals surface area (Å²) in [7, 11) is 4.36. The smallest absolute Gasteiger partial charge is 0.404 e. The van der Waals surface area contributed by atoms with Crippen LogP contribution in [0.1, 0.15) is 120 Å². The number of amides is 3. The largest absolute Gasteiger partial charge is 0.471 e. The number of H-pyrrole nitrogens is 2. The molecule has 68 heavy (non-hydrogen) atoms. The molecule has 2 aliphatic heterocycles. The van der Waals surface area contributed by atoms with E-state index in [-0.39, 0.29) is 58.3 Å². The van der Waals surface area contributed by atoms with Crippen LogP contribution in [0, 0.1) is 17.3 Å². The average Bonchev–Trinajstić information content (AvgIpc) is 4.17. The first kappa shape index (κ1) is 49.5. The number of ether oxygens (including phenoxy) is 2. The van der Waals surface area contributed by atoms with E-state index in [0.29, 0.717) is 59.4 Å². The summed E-state index contributed by atoms with van der Waals surface area (Å²) >= 11 is 0. The minimum Gasteiger partial charge on any atom is -0.471 e. The van der Waals surface area contributed by atoms with Gasteiger partial charge < -0.3 is 40.3 Å². The van der Waals surface area contributed by atoms with E-state index < -0.39 is 6.09 Å². The van der Waals surface area contributed by atoms with Gasteiger partial charge in [-0.25, -0.2) is 14.8 Å². The number of nitrogens with two attached hydrogens (primary N) is 1. The van der Waals surface area contributed by atoms with Crippen molar-refractivity contribution >= 4 is 46.2 Å². The minimum atomic E-state index is -0.745. The molecule has 5 N–H and O–H groups in total. The Kier molecular flexibility index (Phi) is 15.5. The highest BCUT2D eigenvalue weighted by Crippen LogP contribution is 2.53. The Morgan fingerprint density at radius 3 is 1.69 bits per heavy atom. The third-order valence-electron chi connectivity index (χ3n) is 14.1. The highest BCUT2D eigenvalue weighted by atomic mass is 16.5. The monoisotopic (exact) mass is 931 g/mol. The molecule has 2 aromatic heterocycles. The fourth-order valence-electron chi connectivity index (χ4n) is 10.9. The fourth-order valence-corrected chi connectivity index (χ4v) is 10.9. The first-order valence-electron chi connectivity index (χ1n) is 23.9. The number of fused-ring (bicyclic) bond motifs is 3. The number of carbonyl (C=O) groups is 4. The summed E-state index contributed by atoms with van der Waals surface area (Å²) in [5.74, 6) is 1.68. The third kappa shape index (κ3) is 10.3. The number of likely N-dealkylation sites (tertiary alicyclic amines) is 2. The maximum atomic E-state index is 13.8. The maximum Gasteiger partial charge on any atom is 0.404 e. The molecule has 1 saturated carbocycles. The minimum absolute atomic E-state index is 0.0451. The lowest BCUT2D eigenvalue weighted by Crippen LogP contribution is -2.48. The van der Waals surface area contributed by atoms with Crippen molar-refractivity contribution in [1.29, 1.82) is 0 Å². The van der Waals surface area contributed by atoms with Gasteiger partial charge in [0.1, 0.15) is 11.6 Å². The molecule has 4 heterocycles. The second-order valence-electron chi connectivity index (χ2n) is 19.4. The van der Waals surface area contributed by atoms with Crippen molar-refractivity contribution in [1.82, 2.24) is 35.1 Å². The Bertz CT molecular complexity index is 2790. The maximum absolute atomic E-state index is 13.8. The van der Waals surface area contributed by atoms with Gasteiger partial charge in [0.15, 0.2) is 0 Å². The van der Waals surface area contributed by atoms with Gasteiger partial charge in [0.25, 0.3) is 17.6 Å². The number of carbonyl (C=O) groups excluding carboxylic acids is 4. The number of rotatable bonds is 10. The van der Waals surface area contributed by atoms with Gasteiger partial charge in [0, 0.05) is 19.5 Å². The lowest BCUT2D eigenvalue weighted by Gasteiger charge is -2.30. The van der Waals surface area contributed by atoms with Crippen molar-refractivity contribution < 1.29 is 28.7 Å². The van der Waals surface area contributed by atoms with E-state index in [1.807, 2.05) is 55.0 Å². The van der Waals surface area contributed by atoms with Gasteiger partial charge >= 0.3 is 6.09 Å². The molecule has 3 fully saturated rings. The second-order valence-corrected chi connectivity index (χ2v) is 19.4. The van der Waals surface area contributed by atoms with Crippen LogP contribution in [0.5, 0.6) is 0 Å². The fraction of sp³-hybridized carbons (Fsp3) is 0.500. The van der Waals surface area contributed by atoms with Crippen molar-refractivity contribution in [3.05, 3.63) is 92.0 Å². The number of benzene rings is 3. The van der Waals surface area contributed by atoms with Gasteiger partial charge in [-0.05, 0) is 133 Å². The molecule has 16 nitrogen and oxygen atoms in total. The number of hydrogen-bond donors (Lipinski definition) is 4. The van der Waals surface area contributed by atoms with E-state index in [2.05, 4.69) is 68.6 Å². The van der Waals surface area contributed by atoms with Gasteiger partial charge in [-0.2, -0.15) is 0 Å². The number of likely N-dealkylation sites (N-methyl/N-ethyl adjacent to an activating group) is 1. The number of nitrogens with zero attached hydrogens (tertiary/aromatic N) is 4. The molecule has 0 radical (unpaired) electrons. The Hall–Kier alpha value is -6.42. The van der Waals surface area contributed by atoms with Crippen LogP contribution in [0.2, 0.25) is 0 Å². The summed E-state index contributed by atoms with van der Waals surface area (Å²) < 4.78 is 7.75. The highest BCUT2D eigenvalue weighted by molar-refractivity contribution is 5.89. The Morgan fingerprint density at radius 2 is 1.26 bits per heavy atom. The Balaban J connectivity index is 0.000000699. The summed E-state index contributed by atoms with van der Waals surface area (Å²) in [6.45, 7) is 9.89. The predicted octanol–water partition coefficient (Wildman–Crippen LogP) is 7.27. The average molecular weight is 931 g/mol. The van der Waals surface area contributed by atoms with E-state index in [9.17, 15) is 24.0 Å². The summed E-state index contributed by atoms with van der Waals surface area (Å²) in [5.41, 5.74) is 12.4. The normalized spacial score (nSPS) is 18.6. The molecule has 3 aromatic carbocycles. The van der Waals surface area contributed by atoms with Crippen LogP contribution in [0.25, 0.3) is 44.1 Å². The molecule has 362 valence electrons. The third-order valence-corrected chi connectivity index (χ3v) is 14.1. The van der Waals surface area contributed by atoms with E-state index in [0.717, 1.165) is 60.8 Å². The van der Waals surface area contributed by atoms with Gasteiger partial charge in [-0.1, -0.05) is 64.8 Å². The van der Waals surface area contributed by atoms with Crippen LogP contribution in [-0.4, -0.2) is 94.5 Å². The van der Waals surface area contributed by atoms with E-state index in [1.54, 1.807) is 0 Å². The molecule has 2 aliphatic carbocycles. The van der Waals surface area contributed by atoms with Gasteiger partial charge in [0.2, 0.25) is 11.8 Å². The molecule has 9 rings (SSSR count). The Labute approximate surface area is 396 Å². The van der Waals surface area contributed by atoms with Crippen molar-refractivity contribution in [3.8, 4) is 22.3 Å².